The molecule has 13 heteroatoms. The average Bonchev–Trinajstić information content (AvgIpc) is 3.63. The van der Waals surface area contributed by atoms with Gasteiger partial charge in [-0.25, -0.2) is 0 Å². The highest BCUT2D eigenvalue weighted by Crippen LogP contribution is 2.41. The molecule has 0 atom stereocenters. The predicted molar refractivity (Wildman–Crippen MR) is 197 cm³/mol. The van der Waals surface area contributed by atoms with Gasteiger partial charge in [-0.3, -0.25) is 4.79 Å². The van der Waals surface area contributed by atoms with Crippen LogP contribution in [0.2, 0.25) is 0 Å². The summed E-state index contributed by atoms with van der Waals surface area (Å²) in [7, 11) is 9.53. The highest BCUT2D eigenvalue weighted by molar-refractivity contribution is 6.12. The monoisotopic (exact) mass is 702 g/mol. The quantitative estimate of drug-likeness (QED) is 0.179. The molecule has 2 aliphatic rings. The third kappa shape index (κ3) is 6.03. The highest BCUT2D eigenvalue weighted by atomic mass is 16.5. The van der Waals surface area contributed by atoms with Gasteiger partial charge in [-0.05, 0) is 54.3 Å². The van der Waals surface area contributed by atoms with Gasteiger partial charge < -0.3 is 38.2 Å². The first kappa shape index (κ1) is 34.1. The molecule has 4 heterocycles. The fraction of sp³-hybridized carbons (Fsp3) is 0.256. The van der Waals surface area contributed by atoms with Crippen LogP contribution in [0.1, 0.15) is 21.5 Å². The van der Waals surface area contributed by atoms with Gasteiger partial charge in [0.2, 0.25) is 0 Å². The van der Waals surface area contributed by atoms with Crippen LogP contribution in [0.15, 0.2) is 73.1 Å². The summed E-state index contributed by atoms with van der Waals surface area (Å²) >= 11 is 0. The molecule has 0 N–H and O–H groups in total. The Kier molecular flexibility index (Phi) is 9.49. The third-order valence-electron chi connectivity index (χ3n) is 9.41. The number of rotatable bonds is 8. The van der Waals surface area contributed by atoms with Crippen LogP contribution in [0.25, 0.3) is 21.8 Å². The molecule has 4 aromatic carbocycles. The van der Waals surface area contributed by atoms with Crippen LogP contribution in [0.5, 0.6) is 34.5 Å². The van der Waals surface area contributed by atoms with Crippen molar-refractivity contribution < 1.29 is 33.2 Å². The summed E-state index contributed by atoms with van der Waals surface area (Å²) < 4.78 is 32.3. The van der Waals surface area contributed by atoms with Crippen LogP contribution in [0.4, 0.5) is 17.1 Å². The van der Waals surface area contributed by atoms with Crippen LogP contribution >= 0.6 is 0 Å². The number of amides is 1. The molecule has 6 aromatic rings. The molecule has 0 fully saturated rings. The predicted octanol–water partition coefficient (Wildman–Crippen LogP) is 6.21. The third-order valence-corrected chi connectivity index (χ3v) is 9.41. The van der Waals surface area contributed by atoms with Crippen LogP contribution < -0.4 is 38.2 Å². The SMILES string of the molecule is COc1cc2c(cc1OC)C(=O)N(c1cnnc3cc(OC)c(OC)cc13)CC2.COc1cc2nncc(N3CCc4ccccc43)c2cc1OC. The minimum atomic E-state index is -0.128. The Morgan fingerprint density at radius 1 is 0.519 bits per heavy atom. The van der Waals surface area contributed by atoms with Gasteiger partial charge in [0.15, 0.2) is 34.5 Å². The zero-order valence-corrected chi connectivity index (χ0v) is 29.8. The van der Waals surface area contributed by atoms with Crippen molar-refractivity contribution in [3.05, 3.63) is 89.7 Å². The fourth-order valence-corrected chi connectivity index (χ4v) is 6.80. The van der Waals surface area contributed by atoms with E-state index in [-0.39, 0.29) is 5.91 Å². The normalized spacial score (nSPS) is 13.2. The number of nitrogens with zero attached hydrogens (tertiary/aromatic N) is 6. The van der Waals surface area contributed by atoms with Crippen molar-refractivity contribution in [1.82, 2.24) is 20.4 Å². The van der Waals surface area contributed by atoms with E-state index in [1.807, 2.05) is 30.5 Å². The van der Waals surface area contributed by atoms with Crippen molar-refractivity contribution in [2.75, 3.05) is 65.5 Å². The second-order valence-electron chi connectivity index (χ2n) is 12.0. The fourth-order valence-electron chi connectivity index (χ4n) is 6.80. The molecule has 1 amide bonds. The minimum absolute atomic E-state index is 0.128. The summed E-state index contributed by atoms with van der Waals surface area (Å²) in [5.74, 6) is 3.47. The number of hydrogen-bond donors (Lipinski definition) is 0. The minimum Gasteiger partial charge on any atom is -0.493 e. The standard InChI is InChI=1S/C21H21N3O5.C18H17N3O2/c1-26-17-7-12-5-6-24(21(25)13(12)8-18(17)27-2)16-11-22-23-15-10-20(29-4)19(28-3)9-14(15)16;1-22-17-9-13-14(10-18(17)23-2)20-19-11-16(13)21-8-7-12-5-3-4-6-15(12)21/h7-11H,5-6H2,1-4H3;3-6,9-11H,7-8H2,1-2H3. The van der Waals surface area contributed by atoms with Crippen LogP contribution in [-0.4, -0.2) is 82.1 Å². The Balaban J connectivity index is 0.000000166. The summed E-state index contributed by atoms with van der Waals surface area (Å²) in [4.78, 5) is 17.3. The van der Waals surface area contributed by atoms with E-state index in [0.29, 0.717) is 64.2 Å². The van der Waals surface area contributed by atoms with E-state index in [4.69, 9.17) is 28.4 Å². The van der Waals surface area contributed by atoms with Gasteiger partial charge in [0.05, 0.1) is 77.5 Å². The van der Waals surface area contributed by atoms with Crippen LogP contribution in [0.3, 0.4) is 0 Å². The molecule has 0 radical (unpaired) electrons. The second-order valence-corrected chi connectivity index (χ2v) is 12.0. The van der Waals surface area contributed by atoms with Gasteiger partial charge >= 0.3 is 0 Å². The smallest absolute Gasteiger partial charge is 0.258 e. The number of fused-ring (bicyclic) bond motifs is 4. The molecule has 2 aliphatic heterocycles. The lowest BCUT2D eigenvalue weighted by Crippen LogP contribution is -2.38. The Hall–Kier alpha value is -6.37. The van der Waals surface area contributed by atoms with E-state index in [0.717, 1.165) is 40.5 Å². The number of benzene rings is 4. The van der Waals surface area contributed by atoms with Crippen molar-refractivity contribution in [2.45, 2.75) is 12.8 Å². The number of ether oxygens (including phenoxy) is 6. The maximum Gasteiger partial charge on any atom is 0.258 e. The molecule has 8 rings (SSSR count). The van der Waals surface area contributed by atoms with Crippen molar-refractivity contribution >= 4 is 44.8 Å². The molecule has 0 unspecified atom stereocenters. The Labute approximate surface area is 300 Å². The summed E-state index contributed by atoms with van der Waals surface area (Å²) in [6.07, 6.45) is 5.13. The van der Waals surface area contributed by atoms with Gasteiger partial charge in [-0.1, -0.05) is 18.2 Å². The first-order valence-electron chi connectivity index (χ1n) is 16.6. The van der Waals surface area contributed by atoms with E-state index >= 15 is 0 Å². The van der Waals surface area contributed by atoms with Gasteiger partial charge in [0.1, 0.15) is 0 Å². The largest absolute Gasteiger partial charge is 0.493 e. The molecule has 2 aromatic heterocycles. The summed E-state index contributed by atoms with van der Waals surface area (Å²) in [5, 5.41) is 18.4. The molecule has 0 saturated heterocycles. The van der Waals surface area contributed by atoms with Crippen molar-refractivity contribution in [3.63, 3.8) is 0 Å². The molecule has 266 valence electrons. The zero-order valence-electron chi connectivity index (χ0n) is 29.8. The number of carbonyl (C=O) groups excluding carboxylic acids is 1. The second kappa shape index (κ2) is 14.5. The lowest BCUT2D eigenvalue weighted by atomic mass is 9.97. The van der Waals surface area contributed by atoms with Crippen molar-refractivity contribution in [1.29, 1.82) is 0 Å². The van der Waals surface area contributed by atoms with Crippen LogP contribution in [-0.2, 0) is 12.8 Å². The Morgan fingerprint density at radius 2 is 0.981 bits per heavy atom. The molecule has 0 spiro atoms. The van der Waals surface area contributed by atoms with Crippen molar-refractivity contribution in [2.24, 2.45) is 0 Å². The van der Waals surface area contributed by atoms with Gasteiger partial charge in [0, 0.05) is 47.2 Å². The summed E-state index contributed by atoms with van der Waals surface area (Å²) in [5.41, 5.74) is 7.22. The lowest BCUT2D eigenvalue weighted by molar-refractivity contribution is 0.0980. The number of carbonyl (C=O) groups is 1. The molecule has 0 aliphatic carbocycles. The average molecular weight is 703 g/mol. The maximum absolute atomic E-state index is 13.3. The Bertz CT molecular complexity index is 2300. The first-order chi connectivity index (χ1) is 25.4. The van der Waals surface area contributed by atoms with Gasteiger partial charge in [-0.15, -0.1) is 0 Å². The maximum atomic E-state index is 13.3. The number of aromatic nitrogens is 4. The Morgan fingerprint density at radius 3 is 1.56 bits per heavy atom. The summed E-state index contributed by atoms with van der Waals surface area (Å²) in [6, 6.07) is 19.5. The van der Waals surface area contributed by atoms with E-state index < -0.39 is 0 Å². The lowest BCUT2D eigenvalue weighted by Gasteiger charge is -2.29. The van der Waals surface area contributed by atoms with Crippen molar-refractivity contribution in [3.8, 4) is 34.5 Å². The van der Waals surface area contributed by atoms with Gasteiger partial charge in [0.25, 0.3) is 5.91 Å². The molecule has 0 saturated carbocycles. The number of para-hydroxylation sites is 1. The summed E-state index contributed by atoms with van der Waals surface area (Å²) in [6.45, 7) is 1.45. The van der Waals surface area contributed by atoms with E-state index in [1.54, 1.807) is 65.9 Å². The molecule has 52 heavy (non-hydrogen) atoms. The van der Waals surface area contributed by atoms with E-state index in [9.17, 15) is 4.79 Å². The van der Waals surface area contributed by atoms with E-state index in [2.05, 4.69) is 49.6 Å². The number of anilines is 3. The first-order valence-corrected chi connectivity index (χ1v) is 16.6. The highest BCUT2D eigenvalue weighted by Gasteiger charge is 2.29. The molecular formula is C39H38N6O7. The molecule has 0 bridgehead atoms. The zero-order chi connectivity index (χ0) is 36.4. The number of methoxy groups -OCH3 is 6. The van der Waals surface area contributed by atoms with E-state index in [1.165, 1.54) is 11.3 Å². The topological polar surface area (TPSA) is 130 Å². The van der Waals surface area contributed by atoms with Gasteiger partial charge in [-0.2, -0.15) is 20.4 Å². The van der Waals surface area contributed by atoms with Crippen LogP contribution in [0, 0.1) is 0 Å². The molecule has 13 nitrogen and oxygen atoms in total. The molecular weight excluding hydrogens is 664 g/mol. The number of hydrogen-bond acceptors (Lipinski definition) is 12.